The lowest BCUT2D eigenvalue weighted by Crippen LogP contribution is -2.33. The number of nitrogens with zero attached hydrogens (tertiary/aromatic N) is 1. The molecule has 1 N–H and O–H groups in total. The van der Waals surface area contributed by atoms with Gasteiger partial charge in [0.2, 0.25) is 0 Å². The molecular formula is C11H15IN2O4. The van der Waals surface area contributed by atoms with E-state index in [9.17, 15) is 9.59 Å². The lowest BCUT2D eigenvalue weighted by molar-refractivity contribution is -0.0321. The van der Waals surface area contributed by atoms with Gasteiger partial charge >= 0.3 is 5.69 Å². The van der Waals surface area contributed by atoms with Crippen LogP contribution in [0.3, 0.4) is 0 Å². The van der Waals surface area contributed by atoms with Crippen molar-refractivity contribution in [1.82, 2.24) is 9.55 Å². The molecule has 2 heterocycles. The van der Waals surface area contributed by atoms with Crippen molar-refractivity contribution >= 4 is 22.6 Å². The van der Waals surface area contributed by atoms with E-state index in [0.29, 0.717) is 12.2 Å². The number of aromatic nitrogens is 2. The number of hydrogen-bond acceptors (Lipinski definition) is 4. The first-order valence-corrected chi connectivity index (χ1v) is 6.88. The fraction of sp³-hybridized carbons (Fsp3) is 0.636. The summed E-state index contributed by atoms with van der Waals surface area (Å²) >= 11 is 2.29. The molecule has 0 radical (unpaired) electrons. The molecule has 0 spiro atoms. The second-order valence-electron chi connectivity index (χ2n) is 4.31. The molecule has 18 heavy (non-hydrogen) atoms. The molecule has 1 saturated heterocycles. The Labute approximate surface area is 117 Å². The molecule has 2 rings (SSSR count). The monoisotopic (exact) mass is 366 g/mol. The third-order valence-corrected chi connectivity index (χ3v) is 4.26. The van der Waals surface area contributed by atoms with Crippen molar-refractivity contribution < 1.29 is 9.47 Å². The highest BCUT2D eigenvalue weighted by molar-refractivity contribution is 14.1. The molecule has 1 aliphatic heterocycles. The zero-order chi connectivity index (χ0) is 13.3. The summed E-state index contributed by atoms with van der Waals surface area (Å²) in [6.45, 7) is 2.17. The number of ether oxygens (including phenoxy) is 2. The first kappa shape index (κ1) is 13.8. The largest absolute Gasteiger partial charge is 0.382 e. The molecule has 7 heteroatoms. The van der Waals surface area contributed by atoms with Crippen LogP contribution in [0.25, 0.3) is 0 Å². The van der Waals surface area contributed by atoms with E-state index >= 15 is 0 Å². The minimum Gasteiger partial charge on any atom is -0.382 e. The molecule has 1 aliphatic rings. The minimum atomic E-state index is -0.433. The summed E-state index contributed by atoms with van der Waals surface area (Å²) < 4.78 is 12.6. The van der Waals surface area contributed by atoms with E-state index in [1.807, 2.05) is 0 Å². The quantitative estimate of drug-likeness (QED) is 0.628. The molecule has 0 aliphatic carbocycles. The van der Waals surface area contributed by atoms with Crippen molar-refractivity contribution in [2.24, 2.45) is 0 Å². The number of aromatic amines is 1. The maximum atomic E-state index is 11.7. The van der Waals surface area contributed by atoms with E-state index in [0.717, 1.165) is 6.42 Å². The Morgan fingerprint density at radius 2 is 2.33 bits per heavy atom. The number of rotatable bonds is 3. The fourth-order valence-corrected chi connectivity index (χ4v) is 2.79. The van der Waals surface area contributed by atoms with Crippen LogP contribution in [0.5, 0.6) is 0 Å². The summed E-state index contributed by atoms with van der Waals surface area (Å²) in [6, 6.07) is 0. The number of alkyl halides is 1. The van der Waals surface area contributed by atoms with Crippen LogP contribution in [0.15, 0.2) is 15.8 Å². The Kier molecular flexibility index (Phi) is 4.23. The average Bonchev–Trinajstić information content (AvgIpc) is 2.66. The van der Waals surface area contributed by atoms with Crippen molar-refractivity contribution in [2.45, 2.75) is 29.6 Å². The number of halogens is 1. The van der Waals surface area contributed by atoms with Gasteiger partial charge in [0.1, 0.15) is 6.23 Å². The van der Waals surface area contributed by atoms with Crippen molar-refractivity contribution in [3.05, 3.63) is 32.6 Å². The average molecular weight is 366 g/mol. The number of methoxy groups -OCH3 is 1. The summed E-state index contributed by atoms with van der Waals surface area (Å²) in [4.78, 5) is 25.3. The number of aryl methyl sites for hydroxylation is 1. The zero-order valence-electron chi connectivity index (χ0n) is 10.2. The molecule has 0 saturated carbocycles. The topological polar surface area (TPSA) is 73.3 Å². The van der Waals surface area contributed by atoms with Crippen LogP contribution >= 0.6 is 22.6 Å². The van der Waals surface area contributed by atoms with E-state index in [1.165, 1.54) is 4.57 Å². The predicted molar refractivity (Wildman–Crippen MR) is 74.3 cm³/mol. The Morgan fingerprint density at radius 3 is 3.00 bits per heavy atom. The highest BCUT2D eigenvalue weighted by atomic mass is 127. The van der Waals surface area contributed by atoms with Gasteiger partial charge in [0, 0.05) is 29.2 Å². The van der Waals surface area contributed by atoms with Crippen LogP contribution in [-0.2, 0) is 9.47 Å². The summed E-state index contributed by atoms with van der Waals surface area (Å²) in [6.07, 6.45) is 1.90. The summed E-state index contributed by atoms with van der Waals surface area (Å²) in [7, 11) is 1.62. The second-order valence-corrected chi connectivity index (χ2v) is 5.91. The van der Waals surface area contributed by atoms with Crippen molar-refractivity contribution in [3.63, 3.8) is 0 Å². The highest BCUT2D eigenvalue weighted by Crippen LogP contribution is 2.32. The molecule has 1 fully saturated rings. The Morgan fingerprint density at radius 1 is 1.61 bits per heavy atom. The first-order chi connectivity index (χ1) is 8.52. The van der Waals surface area contributed by atoms with Gasteiger partial charge in [-0.25, -0.2) is 4.79 Å². The van der Waals surface area contributed by atoms with Gasteiger partial charge in [0.15, 0.2) is 0 Å². The molecule has 1 aromatic rings. The molecule has 1 aromatic heterocycles. The predicted octanol–water partition coefficient (Wildman–Crippen LogP) is 0.583. The number of hydrogen-bond donors (Lipinski definition) is 1. The molecule has 3 atom stereocenters. The Balaban J connectivity index is 2.26. The fourth-order valence-electron chi connectivity index (χ4n) is 1.97. The van der Waals surface area contributed by atoms with Crippen LogP contribution < -0.4 is 11.2 Å². The summed E-state index contributed by atoms with van der Waals surface area (Å²) in [5.74, 6) is 0. The Hall–Kier alpha value is -0.670. The third-order valence-electron chi connectivity index (χ3n) is 2.95. The maximum absolute atomic E-state index is 11.7. The van der Waals surface area contributed by atoms with E-state index in [1.54, 1.807) is 20.2 Å². The van der Waals surface area contributed by atoms with Crippen LogP contribution in [0.4, 0.5) is 0 Å². The lowest BCUT2D eigenvalue weighted by atomic mass is 10.2. The Bertz CT molecular complexity index is 539. The van der Waals surface area contributed by atoms with Gasteiger partial charge in [-0.15, -0.1) is 0 Å². The number of H-pyrrole nitrogens is 1. The standard InChI is InChI=1S/C11H15IN2O4/c1-6-4-14(11(16)13-10(6)15)9-3-7(12)8(18-9)5-17-2/h4,7-9H,3,5H2,1-2H3,(H,13,15,16). The first-order valence-electron chi connectivity index (χ1n) is 5.63. The second kappa shape index (κ2) is 5.54. The van der Waals surface area contributed by atoms with Gasteiger partial charge in [-0.1, -0.05) is 22.6 Å². The van der Waals surface area contributed by atoms with E-state index in [4.69, 9.17) is 9.47 Å². The van der Waals surface area contributed by atoms with Gasteiger partial charge < -0.3 is 9.47 Å². The minimum absolute atomic E-state index is 0.0280. The zero-order valence-corrected chi connectivity index (χ0v) is 12.3. The summed E-state index contributed by atoms with van der Waals surface area (Å²) in [5.41, 5.74) is -0.288. The maximum Gasteiger partial charge on any atom is 0.330 e. The van der Waals surface area contributed by atoms with Gasteiger partial charge in [-0.2, -0.15) is 0 Å². The van der Waals surface area contributed by atoms with Crippen LogP contribution in [0.2, 0.25) is 0 Å². The molecular weight excluding hydrogens is 351 g/mol. The van der Waals surface area contributed by atoms with Gasteiger partial charge in [-0.3, -0.25) is 14.3 Å². The van der Waals surface area contributed by atoms with Crippen molar-refractivity contribution in [3.8, 4) is 0 Å². The van der Waals surface area contributed by atoms with Crippen LogP contribution in [0.1, 0.15) is 18.2 Å². The van der Waals surface area contributed by atoms with Crippen molar-refractivity contribution in [2.75, 3.05) is 13.7 Å². The number of nitrogens with one attached hydrogen (secondary N) is 1. The van der Waals surface area contributed by atoms with Crippen molar-refractivity contribution in [1.29, 1.82) is 0 Å². The normalized spacial score (nSPS) is 27.6. The van der Waals surface area contributed by atoms with Crippen LogP contribution in [-0.4, -0.2) is 33.3 Å². The van der Waals surface area contributed by atoms with E-state index in [2.05, 4.69) is 27.6 Å². The molecule has 6 nitrogen and oxygen atoms in total. The van der Waals surface area contributed by atoms with E-state index in [-0.39, 0.29) is 21.8 Å². The highest BCUT2D eigenvalue weighted by Gasteiger charge is 2.34. The lowest BCUT2D eigenvalue weighted by Gasteiger charge is -2.15. The van der Waals surface area contributed by atoms with Gasteiger partial charge in [0.25, 0.3) is 5.56 Å². The third kappa shape index (κ3) is 2.67. The molecule has 0 amide bonds. The van der Waals surface area contributed by atoms with Gasteiger partial charge in [0.05, 0.1) is 12.7 Å². The summed E-state index contributed by atoms with van der Waals surface area (Å²) in [5, 5.41) is 0. The van der Waals surface area contributed by atoms with Crippen LogP contribution in [0, 0.1) is 6.92 Å². The molecule has 3 unspecified atom stereocenters. The SMILES string of the molecule is COCC1OC(n2cc(C)c(=O)[nH]c2=O)CC1I. The molecule has 0 aromatic carbocycles. The van der Waals surface area contributed by atoms with E-state index < -0.39 is 5.69 Å². The molecule has 0 bridgehead atoms. The molecule has 100 valence electrons. The van der Waals surface area contributed by atoms with Gasteiger partial charge in [-0.05, 0) is 6.92 Å². The smallest absolute Gasteiger partial charge is 0.330 e.